The van der Waals surface area contributed by atoms with Gasteiger partial charge in [-0.15, -0.1) is 13.2 Å². The number of aliphatic hydroxyl groups is 1. The Labute approximate surface area is 299 Å². The maximum atomic E-state index is 14.9. The molecule has 6 atom stereocenters. The van der Waals surface area contributed by atoms with Gasteiger partial charge in [-0.2, -0.15) is 0 Å². The SMILES string of the molecule is C=CCCC(=O)NC[C@@H](OC(=O)[C@@H]1[C@H]2C(=O)N(CCCCCCO)[C@H](C(=O)N(CC=C)c3c(C)cccc3Cl)[C@]23CC[C@H]1O3)c1ccccc1. The molecule has 3 saturated heterocycles. The summed E-state index contributed by atoms with van der Waals surface area (Å²) in [5.41, 5.74) is 0.805. The predicted octanol–water partition coefficient (Wildman–Crippen LogP) is 5.46. The number of nitrogens with one attached hydrogen (secondary N) is 1. The van der Waals surface area contributed by atoms with Crippen LogP contribution in [0.5, 0.6) is 0 Å². The number of benzene rings is 2. The highest BCUT2D eigenvalue weighted by Crippen LogP contribution is 2.59. The Bertz CT molecular complexity index is 1550. The van der Waals surface area contributed by atoms with Crippen molar-refractivity contribution in [2.75, 3.05) is 31.1 Å². The van der Waals surface area contributed by atoms with E-state index >= 15 is 0 Å². The van der Waals surface area contributed by atoms with E-state index in [2.05, 4.69) is 18.5 Å². The number of esters is 1. The normalized spacial score (nSPS) is 24.1. The van der Waals surface area contributed by atoms with Crippen LogP contribution in [0.3, 0.4) is 0 Å². The number of halogens is 1. The maximum Gasteiger partial charge on any atom is 0.313 e. The van der Waals surface area contributed by atoms with Crippen molar-refractivity contribution in [3.8, 4) is 0 Å². The molecule has 0 radical (unpaired) electrons. The zero-order valence-electron chi connectivity index (χ0n) is 28.7. The molecule has 50 heavy (non-hydrogen) atoms. The lowest BCUT2D eigenvalue weighted by Gasteiger charge is -2.37. The van der Waals surface area contributed by atoms with Gasteiger partial charge in [-0.25, -0.2) is 0 Å². The van der Waals surface area contributed by atoms with E-state index in [0.29, 0.717) is 54.9 Å². The van der Waals surface area contributed by atoms with Crippen molar-refractivity contribution in [1.82, 2.24) is 10.2 Å². The second-order valence-corrected chi connectivity index (χ2v) is 13.7. The lowest BCUT2D eigenvalue weighted by atomic mass is 9.70. The second-order valence-electron chi connectivity index (χ2n) is 13.3. The molecule has 0 aromatic heterocycles. The van der Waals surface area contributed by atoms with Gasteiger partial charge in [0.1, 0.15) is 17.7 Å². The number of hydrogen-bond donors (Lipinski definition) is 2. The highest BCUT2D eigenvalue weighted by molar-refractivity contribution is 6.34. The van der Waals surface area contributed by atoms with Crippen LogP contribution in [0, 0.1) is 18.8 Å². The average Bonchev–Trinajstić information content (AvgIpc) is 3.76. The first-order chi connectivity index (χ1) is 24.2. The fraction of sp³-hybridized carbons (Fsp3) is 0.487. The number of rotatable bonds is 18. The van der Waals surface area contributed by atoms with Gasteiger partial charge in [0.15, 0.2) is 0 Å². The van der Waals surface area contributed by atoms with Crippen LogP contribution < -0.4 is 10.2 Å². The Kier molecular flexibility index (Phi) is 12.5. The van der Waals surface area contributed by atoms with E-state index in [9.17, 15) is 24.3 Å². The van der Waals surface area contributed by atoms with E-state index in [0.717, 1.165) is 18.4 Å². The van der Waals surface area contributed by atoms with Crippen LogP contribution in [-0.2, 0) is 28.7 Å². The van der Waals surface area contributed by atoms with Crippen LogP contribution in [0.1, 0.15) is 68.6 Å². The highest BCUT2D eigenvalue weighted by Gasteiger charge is 2.75. The van der Waals surface area contributed by atoms with Gasteiger partial charge in [0.25, 0.3) is 5.91 Å². The molecule has 2 aromatic carbocycles. The molecule has 10 nitrogen and oxygen atoms in total. The summed E-state index contributed by atoms with van der Waals surface area (Å²) in [5, 5.41) is 12.5. The largest absolute Gasteiger partial charge is 0.455 e. The van der Waals surface area contributed by atoms with Crippen molar-refractivity contribution < 1.29 is 33.8 Å². The van der Waals surface area contributed by atoms with Gasteiger partial charge >= 0.3 is 5.97 Å². The van der Waals surface area contributed by atoms with E-state index in [1.807, 2.05) is 49.4 Å². The van der Waals surface area contributed by atoms with E-state index in [4.69, 9.17) is 21.1 Å². The van der Waals surface area contributed by atoms with Gasteiger partial charge in [0, 0.05) is 26.1 Å². The number of fused-ring (bicyclic) bond motifs is 1. The van der Waals surface area contributed by atoms with Crippen LogP contribution in [0.25, 0.3) is 0 Å². The van der Waals surface area contributed by atoms with Gasteiger partial charge in [-0.3, -0.25) is 19.2 Å². The third kappa shape index (κ3) is 7.53. The third-order valence-electron chi connectivity index (χ3n) is 10.1. The van der Waals surface area contributed by atoms with Crippen molar-refractivity contribution in [2.24, 2.45) is 11.8 Å². The fourth-order valence-electron chi connectivity index (χ4n) is 7.86. The Morgan fingerprint density at radius 3 is 2.58 bits per heavy atom. The van der Waals surface area contributed by atoms with Crippen LogP contribution in [-0.4, -0.2) is 77.7 Å². The Balaban J connectivity index is 1.46. The Hall–Kier alpha value is -3.99. The summed E-state index contributed by atoms with van der Waals surface area (Å²) < 4.78 is 12.8. The minimum Gasteiger partial charge on any atom is -0.455 e. The lowest BCUT2D eigenvalue weighted by molar-refractivity contribution is -0.160. The highest BCUT2D eigenvalue weighted by atomic mass is 35.5. The number of likely N-dealkylation sites (tertiary alicyclic amines) is 1. The fourth-order valence-corrected chi connectivity index (χ4v) is 8.19. The van der Waals surface area contributed by atoms with Crippen molar-refractivity contribution in [3.05, 3.63) is 90.0 Å². The zero-order valence-corrected chi connectivity index (χ0v) is 29.5. The molecular formula is C39H48ClN3O7. The third-order valence-corrected chi connectivity index (χ3v) is 10.4. The molecule has 3 aliphatic rings. The number of ether oxygens (including phenoxy) is 2. The first kappa shape index (κ1) is 37.3. The van der Waals surface area contributed by atoms with Crippen LogP contribution in [0.4, 0.5) is 5.69 Å². The molecule has 0 aliphatic carbocycles. The maximum absolute atomic E-state index is 14.9. The smallest absolute Gasteiger partial charge is 0.313 e. The average molecular weight is 706 g/mol. The van der Waals surface area contributed by atoms with E-state index in [-0.39, 0.29) is 43.8 Å². The summed E-state index contributed by atoms with van der Waals surface area (Å²) in [6, 6.07) is 13.6. The van der Waals surface area contributed by atoms with Crippen molar-refractivity contribution >= 4 is 41.0 Å². The molecule has 3 heterocycles. The summed E-state index contributed by atoms with van der Waals surface area (Å²) in [6.07, 6.45) is 6.40. The molecule has 3 fully saturated rings. The van der Waals surface area contributed by atoms with Gasteiger partial charge < -0.3 is 29.7 Å². The molecule has 2 aromatic rings. The number of nitrogens with zero attached hydrogens (tertiary/aromatic N) is 2. The van der Waals surface area contributed by atoms with Crippen LogP contribution >= 0.6 is 11.6 Å². The summed E-state index contributed by atoms with van der Waals surface area (Å²) >= 11 is 6.68. The first-order valence-corrected chi connectivity index (χ1v) is 18.0. The molecule has 11 heteroatoms. The minimum atomic E-state index is -1.23. The van der Waals surface area contributed by atoms with Crippen molar-refractivity contribution in [2.45, 2.75) is 82.1 Å². The van der Waals surface area contributed by atoms with E-state index in [1.165, 1.54) is 0 Å². The number of hydrogen-bond acceptors (Lipinski definition) is 7. The summed E-state index contributed by atoms with van der Waals surface area (Å²) in [7, 11) is 0. The molecule has 2 bridgehead atoms. The molecule has 0 saturated carbocycles. The second kappa shape index (κ2) is 16.8. The number of aliphatic hydroxyl groups excluding tert-OH is 1. The first-order valence-electron chi connectivity index (χ1n) is 17.6. The van der Waals surface area contributed by atoms with Crippen molar-refractivity contribution in [3.63, 3.8) is 0 Å². The monoisotopic (exact) mass is 705 g/mol. The molecular weight excluding hydrogens is 658 g/mol. The number of anilines is 1. The number of unbranched alkanes of at least 4 members (excludes halogenated alkanes) is 3. The molecule has 0 unspecified atom stereocenters. The van der Waals surface area contributed by atoms with E-state index < -0.39 is 41.7 Å². The molecule has 5 rings (SSSR count). The molecule has 3 amide bonds. The molecule has 1 spiro atoms. The summed E-state index contributed by atoms with van der Waals surface area (Å²) in [5.74, 6) is -3.28. The van der Waals surface area contributed by atoms with Crippen molar-refractivity contribution in [1.29, 1.82) is 0 Å². The number of carbonyl (C=O) groups is 4. The van der Waals surface area contributed by atoms with E-state index in [1.54, 1.807) is 28.0 Å². The Morgan fingerprint density at radius 1 is 1.12 bits per heavy atom. The molecule has 2 N–H and O–H groups in total. The number of allylic oxidation sites excluding steroid dienone is 1. The number of carbonyl (C=O) groups excluding carboxylic acids is 4. The van der Waals surface area contributed by atoms with Gasteiger partial charge in [-0.1, -0.05) is 79.1 Å². The number of amides is 3. The zero-order chi connectivity index (χ0) is 35.8. The summed E-state index contributed by atoms with van der Waals surface area (Å²) in [4.78, 5) is 59.3. The van der Waals surface area contributed by atoms with Crippen LogP contribution in [0.15, 0.2) is 73.8 Å². The number of aryl methyl sites for hydroxylation is 1. The quantitative estimate of drug-likeness (QED) is 0.120. The molecule has 268 valence electrons. The lowest BCUT2D eigenvalue weighted by Crippen LogP contribution is -2.56. The van der Waals surface area contributed by atoms with Crippen LogP contribution in [0.2, 0.25) is 5.02 Å². The van der Waals surface area contributed by atoms with Gasteiger partial charge in [-0.05, 0) is 56.2 Å². The number of para-hydroxylation sites is 1. The summed E-state index contributed by atoms with van der Waals surface area (Å²) in [6.45, 7) is 10.0. The van der Waals surface area contributed by atoms with Gasteiger partial charge in [0.2, 0.25) is 11.8 Å². The predicted molar refractivity (Wildman–Crippen MR) is 191 cm³/mol. The molecule has 3 aliphatic heterocycles. The topological polar surface area (TPSA) is 125 Å². The minimum absolute atomic E-state index is 0.0580. The van der Waals surface area contributed by atoms with Gasteiger partial charge in [0.05, 0.1) is 35.2 Å². The standard InChI is InChI=1S/C39H48ClN3O7/c1-4-6-19-31(45)41-25-30(27-16-10-9-11-17-27)49-38(48)32-29-20-21-39(50-29)33(32)36(46)43(23-12-7-8-13-24-44)35(39)37(47)42(22-5-2)34-26(3)15-14-18-28(34)40/h4-5,9-11,14-18,29-30,32-33,35,44H,1-2,6-8,12-13,19-25H2,3H3,(H,41,45)/t29-,30-,32+,33+,35-,39+/m1/s1. The Morgan fingerprint density at radius 2 is 1.88 bits per heavy atom.